The Labute approximate surface area is 166 Å². The van der Waals surface area contributed by atoms with Crippen molar-refractivity contribution in [1.82, 2.24) is 4.90 Å². The molecule has 3 rings (SSSR count). The number of nitrogens with zero attached hydrogens (tertiary/aromatic N) is 3. The second kappa shape index (κ2) is 6.39. The maximum absolute atomic E-state index is 5.07. The fourth-order valence-electron chi connectivity index (χ4n) is 4.61. The van der Waals surface area contributed by atoms with E-state index in [-0.39, 0.29) is 23.0 Å². The number of hydrogen-bond acceptors (Lipinski definition) is 2. The SMILES string of the molecule is C/C=C1\C(=N/C(C)C)N2c3ccc(C(C)(C)C)cc3C(C)(C)C2N1C(C)C. The maximum Gasteiger partial charge on any atom is 0.153 e. The second-order valence-corrected chi connectivity index (χ2v) is 10.2. The fraction of sp³-hybridized carbons (Fsp3) is 0.625. The van der Waals surface area contributed by atoms with Crippen LogP contribution in [0.5, 0.6) is 0 Å². The Morgan fingerprint density at radius 3 is 2.22 bits per heavy atom. The molecule has 1 atom stereocenters. The predicted molar refractivity (Wildman–Crippen MR) is 118 cm³/mol. The van der Waals surface area contributed by atoms with E-state index in [0.29, 0.717) is 6.04 Å². The molecule has 27 heavy (non-hydrogen) atoms. The van der Waals surface area contributed by atoms with Gasteiger partial charge in [0.25, 0.3) is 0 Å². The van der Waals surface area contributed by atoms with Gasteiger partial charge in [0, 0.05) is 23.2 Å². The van der Waals surface area contributed by atoms with Crippen LogP contribution in [0.25, 0.3) is 0 Å². The van der Waals surface area contributed by atoms with Gasteiger partial charge in [-0.15, -0.1) is 0 Å². The minimum absolute atomic E-state index is 0.0172. The number of fused-ring (bicyclic) bond motifs is 3. The van der Waals surface area contributed by atoms with Crippen molar-refractivity contribution in [3.63, 3.8) is 0 Å². The van der Waals surface area contributed by atoms with Crippen LogP contribution in [0.15, 0.2) is 35.0 Å². The Morgan fingerprint density at radius 1 is 1.11 bits per heavy atom. The summed E-state index contributed by atoms with van der Waals surface area (Å²) < 4.78 is 0. The molecule has 0 amide bonds. The van der Waals surface area contributed by atoms with E-state index < -0.39 is 0 Å². The van der Waals surface area contributed by atoms with Crippen LogP contribution in [0.3, 0.4) is 0 Å². The molecule has 0 spiro atoms. The summed E-state index contributed by atoms with van der Waals surface area (Å²) >= 11 is 0. The molecule has 0 N–H and O–H groups in total. The number of benzene rings is 1. The van der Waals surface area contributed by atoms with E-state index in [1.54, 1.807) is 0 Å². The third-order valence-electron chi connectivity index (χ3n) is 5.92. The van der Waals surface area contributed by atoms with Crippen LogP contribution >= 0.6 is 0 Å². The molecule has 0 aliphatic carbocycles. The zero-order chi connectivity index (χ0) is 20.3. The van der Waals surface area contributed by atoms with Crippen LogP contribution in [-0.4, -0.2) is 29.0 Å². The van der Waals surface area contributed by atoms with Gasteiger partial charge in [0.15, 0.2) is 5.84 Å². The van der Waals surface area contributed by atoms with Crippen molar-refractivity contribution >= 4 is 11.5 Å². The van der Waals surface area contributed by atoms with E-state index in [1.165, 1.54) is 22.5 Å². The van der Waals surface area contributed by atoms with Crippen LogP contribution < -0.4 is 4.90 Å². The topological polar surface area (TPSA) is 18.8 Å². The molecule has 0 saturated carbocycles. The van der Waals surface area contributed by atoms with Gasteiger partial charge in [-0.05, 0) is 57.2 Å². The lowest BCUT2D eigenvalue weighted by Crippen LogP contribution is -2.49. The first-order chi connectivity index (χ1) is 12.4. The van der Waals surface area contributed by atoms with Crippen LogP contribution in [-0.2, 0) is 10.8 Å². The maximum atomic E-state index is 5.07. The van der Waals surface area contributed by atoms with E-state index in [1.807, 2.05) is 0 Å². The minimum atomic E-state index is 0.0172. The average molecular weight is 368 g/mol. The molecule has 0 bridgehead atoms. The van der Waals surface area contributed by atoms with E-state index in [0.717, 1.165) is 5.84 Å². The van der Waals surface area contributed by atoms with Gasteiger partial charge in [-0.1, -0.05) is 52.8 Å². The van der Waals surface area contributed by atoms with Gasteiger partial charge in [0.05, 0.1) is 5.70 Å². The smallest absolute Gasteiger partial charge is 0.153 e. The van der Waals surface area contributed by atoms with Crippen molar-refractivity contribution in [3.8, 4) is 0 Å². The number of allylic oxidation sites excluding steroid dienone is 1. The molecule has 1 unspecified atom stereocenters. The summed E-state index contributed by atoms with van der Waals surface area (Å²) in [6, 6.07) is 7.75. The van der Waals surface area contributed by atoms with Gasteiger partial charge < -0.3 is 9.80 Å². The van der Waals surface area contributed by atoms with Gasteiger partial charge in [-0.2, -0.15) is 0 Å². The Bertz CT molecular complexity index is 790. The van der Waals surface area contributed by atoms with Crippen molar-refractivity contribution < 1.29 is 0 Å². The highest BCUT2D eigenvalue weighted by Gasteiger charge is 2.55. The Balaban J connectivity index is 2.27. The third-order valence-corrected chi connectivity index (χ3v) is 5.92. The molecule has 1 aromatic rings. The highest BCUT2D eigenvalue weighted by atomic mass is 15.5. The highest BCUT2D eigenvalue weighted by molar-refractivity contribution is 6.14. The number of rotatable bonds is 2. The van der Waals surface area contributed by atoms with Crippen molar-refractivity contribution in [2.75, 3.05) is 4.90 Å². The molecule has 3 heteroatoms. The molecule has 2 aliphatic rings. The number of amidine groups is 1. The van der Waals surface area contributed by atoms with Crippen molar-refractivity contribution in [2.24, 2.45) is 4.99 Å². The van der Waals surface area contributed by atoms with Crippen LogP contribution in [0, 0.1) is 0 Å². The first kappa shape index (κ1) is 20.0. The summed E-state index contributed by atoms with van der Waals surface area (Å²) in [6.45, 7) is 22.7. The lowest BCUT2D eigenvalue weighted by Gasteiger charge is -2.38. The van der Waals surface area contributed by atoms with E-state index in [4.69, 9.17) is 4.99 Å². The molecule has 0 aromatic heterocycles. The molecule has 1 saturated heterocycles. The first-order valence-corrected chi connectivity index (χ1v) is 10.4. The van der Waals surface area contributed by atoms with Crippen molar-refractivity contribution in [1.29, 1.82) is 0 Å². The zero-order valence-electron chi connectivity index (χ0n) is 18.9. The molecule has 1 fully saturated rings. The van der Waals surface area contributed by atoms with Gasteiger partial charge in [-0.3, -0.25) is 4.99 Å². The molecular formula is C24H37N3. The second-order valence-electron chi connectivity index (χ2n) is 10.2. The van der Waals surface area contributed by atoms with Gasteiger partial charge in [-0.25, -0.2) is 0 Å². The molecule has 3 nitrogen and oxygen atoms in total. The van der Waals surface area contributed by atoms with E-state index in [9.17, 15) is 0 Å². The number of anilines is 1. The van der Waals surface area contributed by atoms with Crippen LogP contribution in [0.2, 0.25) is 0 Å². The molecule has 0 radical (unpaired) electrons. The molecule has 148 valence electrons. The lowest BCUT2D eigenvalue weighted by atomic mass is 9.79. The average Bonchev–Trinajstić information content (AvgIpc) is 2.98. The summed E-state index contributed by atoms with van der Waals surface area (Å²) in [5.74, 6) is 1.13. The fourth-order valence-corrected chi connectivity index (χ4v) is 4.61. The molecular weight excluding hydrogens is 330 g/mol. The first-order valence-electron chi connectivity index (χ1n) is 10.4. The van der Waals surface area contributed by atoms with Crippen LogP contribution in [0.4, 0.5) is 5.69 Å². The Kier molecular flexibility index (Phi) is 4.73. The van der Waals surface area contributed by atoms with Crippen molar-refractivity contribution in [3.05, 3.63) is 41.1 Å². The van der Waals surface area contributed by atoms with E-state index in [2.05, 4.69) is 103 Å². The Hall–Kier alpha value is -1.77. The summed E-state index contributed by atoms with van der Waals surface area (Å²) in [5.41, 5.74) is 5.60. The normalized spacial score (nSPS) is 24.5. The minimum Gasteiger partial charge on any atom is -0.345 e. The summed E-state index contributed by atoms with van der Waals surface area (Å²) in [7, 11) is 0. The number of aliphatic imine (C=N–C) groups is 1. The standard InChI is InChI=1S/C24H37N3/c1-11-19-21(25-15(2)3)27-20-13-12-17(23(6,7)8)14-18(20)24(9,10)22(27)26(19)16(4)5/h11-16,22H,1-10H3/b19-11+,25-21+. The number of hydrogen-bond donors (Lipinski definition) is 0. The summed E-state index contributed by atoms with van der Waals surface area (Å²) in [6.07, 6.45) is 2.50. The summed E-state index contributed by atoms with van der Waals surface area (Å²) in [5, 5.41) is 0. The quantitative estimate of drug-likeness (QED) is 0.653. The third kappa shape index (κ3) is 2.99. The van der Waals surface area contributed by atoms with Gasteiger partial charge in [0.1, 0.15) is 6.17 Å². The largest absolute Gasteiger partial charge is 0.345 e. The lowest BCUT2D eigenvalue weighted by molar-refractivity contribution is 0.183. The van der Waals surface area contributed by atoms with E-state index >= 15 is 0 Å². The Morgan fingerprint density at radius 2 is 1.74 bits per heavy atom. The highest BCUT2D eigenvalue weighted by Crippen LogP contribution is 2.52. The van der Waals surface area contributed by atoms with Gasteiger partial charge >= 0.3 is 0 Å². The molecule has 2 heterocycles. The predicted octanol–water partition coefficient (Wildman–Crippen LogP) is 5.84. The van der Waals surface area contributed by atoms with Crippen molar-refractivity contribution in [2.45, 2.75) is 98.3 Å². The van der Waals surface area contributed by atoms with Gasteiger partial charge in [0.2, 0.25) is 0 Å². The summed E-state index contributed by atoms with van der Waals surface area (Å²) in [4.78, 5) is 10.1. The zero-order valence-corrected chi connectivity index (χ0v) is 18.9. The van der Waals surface area contributed by atoms with Crippen LogP contribution in [0.1, 0.15) is 80.4 Å². The molecule has 2 aliphatic heterocycles. The molecule has 1 aromatic carbocycles. The monoisotopic (exact) mass is 367 g/mol.